The second-order valence-corrected chi connectivity index (χ2v) is 8.21. The second-order valence-electron chi connectivity index (χ2n) is 7.77. The zero-order valence-corrected chi connectivity index (χ0v) is 17.8. The highest BCUT2D eigenvalue weighted by atomic mass is 35.5. The third-order valence-electron chi connectivity index (χ3n) is 4.14. The number of nitrogens with zero attached hydrogens (tertiary/aromatic N) is 1. The first-order chi connectivity index (χ1) is 13.6. The molecule has 0 bridgehead atoms. The Hall–Kier alpha value is -2.60. The van der Waals surface area contributed by atoms with E-state index >= 15 is 0 Å². The highest BCUT2D eigenvalue weighted by molar-refractivity contribution is 6.30. The summed E-state index contributed by atoms with van der Waals surface area (Å²) in [7, 11) is 0. The predicted octanol–water partition coefficient (Wildman–Crippen LogP) is 4.19. The van der Waals surface area contributed by atoms with Gasteiger partial charge in [0, 0.05) is 22.7 Å². The van der Waals surface area contributed by atoms with Crippen LogP contribution >= 0.6 is 11.6 Å². The molecule has 0 aromatic heterocycles. The molecule has 29 heavy (non-hydrogen) atoms. The molecule has 1 atom stereocenters. The first kappa shape index (κ1) is 22.7. The number of carbonyl (C=O) groups is 2. The standard InChI is InChI=1S/C22H26ClFN2O3/c1-15(21(28)25-22(2,3)4)26(13-16-7-5-6-8-19(16)24)20(27)14-29-18-11-9-17(23)10-12-18/h5-12,15H,13-14H2,1-4H3,(H,25,28). The number of rotatable bonds is 7. The fourth-order valence-corrected chi connectivity index (χ4v) is 2.75. The van der Waals surface area contributed by atoms with Gasteiger partial charge in [0.25, 0.3) is 5.91 Å². The molecule has 2 aromatic rings. The summed E-state index contributed by atoms with van der Waals surface area (Å²) < 4.78 is 19.7. The van der Waals surface area contributed by atoms with E-state index in [1.54, 1.807) is 49.4 Å². The van der Waals surface area contributed by atoms with Crippen molar-refractivity contribution in [2.75, 3.05) is 6.61 Å². The molecule has 2 amide bonds. The molecule has 0 fully saturated rings. The Kier molecular flexibility index (Phi) is 7.62. The van der Waals surface area contributed by atoms with Gasteiger partial charge in [-0.25, -0.2) is 4.39 Å². The monoisotopic (exact) mass is 420 g/mol. The third kappa shape index (κ3) is 7.06. The van der Waals surface area contributed by atoms with Crippen LogP contribution < -0.4 is 10.1 Å². The summed E-state index contributed by atoms with van der Waals surface area (Å²) in [5, 5.41) is 3.41. The van der Waals surface area contributed by atoms with Gasteiger partial charge in [0.2, 0.25) is 5.91 Å². The highest BCUT2D eigenvalue weighted by Crippen LogP contribution is 2.17. The molecule has 2 rings (SSSR count). The summed E-state index contributed by atoms with van der Waals surface area (Å²) in [6.07, 6.45) is 0. The van der Waals surface area contributed by atoms with Gasteiger partial charge in [0.05, 0.1) is 0 Å². The van der Waals surface area contributed by atoms with Crippen molar-refractivity contribution in [3.05, 3.63) is 64.9 Å². The third-order valence-corrected chi connectivity index (χ3v) is 4.39. The lowest BCUT2D eigenvalue weighted by Crippen LogP contribution is -2.53. The van der Waals surface area contributed by atoms with Crippen LogP contribution in [0, 0.1) is 5.82 Å². The average molecular weight is 421 g/mol. The van der Waals surface area contributed by atoms with Crippen molar-refractivity contribution in [1.82, 2.24) is 10.2 Å². The maximum Gasteiger partial charge on any atom is 0.261 e. The molecule has 0 saturated heterocycles. The molecule has 0 spiro atoms. The summed E-state index contributed by atoms with van der Waals surface area (Å²) >= 11 is 5.85. The fourth-order valence-electron chi connectivity index (χ4n) is 2.63. The summed E-state index contributed by atoms with van der Waals surface area (Å²) in [4.78, 5) is 26.8. The number of hydrogen-bond donors (Lipinski definition) is 1. The van der Waals surface area contributed by atoms with Crippen molar-refractivity contribution in [2.24, 2.45) is 0 Å². The van der Waals surface area contributed by atoms with Crippen LogP contribution in [0.5, 0.6) is 5.75 Å². The number of carbonyl (C=O) groups excluding carboxylic acids is 2. The van der Waals surface area contributed by atoms with Crippen LogP contribution in [0.2, 0.25) is 5.02 Å². The lowest BCUT2D eigenvalue weighted by Gasteiger charge is -2.31. The van der Waals surface area contributed by atoms with Gasteiger partial charge in [-0.2, -0.15) is 0 Å². The summed E-state index contributed by atoms with van der Waals surface area (Å²) in [6.45, 7) is 6.83. The number of nitrogens with one attached hydrogen (secondary N) is 1. The number of hydrogen-bond acceptors (Lipinski definition) is 3. The van der Waals surface area contributed by atoms with Gasteiger partial charge in [-0.1, -0.05) is 29.8 Å². The van der Waals surface area contributed by atoms with Crippen LogP contribution in [0.15, 0.2) is 48.5 Å². The van der Waals surface area contributed by atoms with Crippen molar-refractivity contribution in [2.45, 2.75) is 45.8 Å². The topological polar surface area (TPSA) is 58.6 Å². The van der Waals surface area contributed by atoms with E-state index in [9.17, 15) is 14.0 Å². The van der Waals surface area contributed by atoms with Crippen molar-refractivity contribution < 1.29 is 18.7 Å². The Morgan fingerprint density at radius 1 is 1.14 bits per heavy atom. The van der Waals surface area contributed by atoms with Gasteiger partial charge < -0.3 is 15.0 Å². The van der Waals surface area contributed by atoms with Crippen LogP contribution in [0.4, 0.5) is 4.39 Å². The van der Waals surface area contributed by atoms with Gasteiger partial charge in [0.15, 0.2) is 6.61 Å². The first-order valence-electron chi connectivity index (χ1n) is 9.30. The minimum Gasteiger partial charge on any atom is -0.484 e. The maximum atomic E-state index is 14.2. The molecule has 0 radical (unpaired) electrons. The normalized spacial score (nSPS) is 12.2. The van der Waals surface area contributed by atoms with Crippen molar-refractivity contribution >= 4 is 23.4 Å². The Balaban J connectivity index is 2.18. The Bertz CT molecular complexity index is 850. The van der Waals surface area contributed by atoms with Crippen LogP contribution in [0.25, 0.3) is 0 Å². The Morgan fingerprint density at radius 2 is 1.76 bits per heavy atom. The van der Waals surface area contributed by atoms with E-state index in [4.69, 9.17) is 16.3 Å². The molecule has 156 valence electrons. The van der Waals surface area contributed by atoms with E-state index in [1.807, 2.05) is 20.8 Å². The van der Waals surface area contributed by atoms with Gasteiger partial charge in [-0.05, 0) is 58.0 Å². The highest BCUT2D eigenvalue weighted by Gasteiger charge is 2.29. The molecule has 0 aliphatic rings. The molecule has 7 heteroatoms. The number of benzene rings is 2. The molecule has 5 nitrogen and oxygen atoms in total. The van der Waals surface area contributed by atoms with E-state index in [0.29, 0.717) is 16.3 Å². The predicted molar refractivity (Wildman–Crippen MR) is 111 cm³/mol. The lowest BCUT2D eigenvalue weighted by atomic mass is 10.1. The molecular formula is C22H26ClFN2O3. The van der Waals surface area contributed by atoms with E-state index in [-0.39, 0.29) is 19.1 Å². The van der Waals surface area contributed by atoms with Gasteiger partial charge in [0.1, 0.15) is 17.6 Å². The molecule has 1 unspecified atom stereocenters. The van der Waals surface area contributed by atoms with Gasteiger partial charge in [-0.15, -0.1) is 0 Å². The average Bonchev–Trinajstić information content (AvgIpc) is 2.65. The van der Waals surface area contributed by atoms with E-state index < -0.39 is 23.3 Å². The van der Waals surface area contributed by atoms with Crippen LogP contribution in [-0.4, -0.2) is 34.9 Å². The zero-order chi connectivity index (χ0) is 21.6. The minimum absolute atomic E-state index is 0.0474. The molecular weight excluding hydrogens is 395 g/mol. The van der Waals surface area contributed by atoms with Crippen LogP contribution in [0.3, 0.4) is 0 Å². The van der Waals surface area contributed by atoms with Crippen LogP contribution in [0.1, 0.15) is 33.3 Å². The largest absolute Gasteiger partial charge is 0.484 e. The summed E-state index contributed by atoms with van der Waals surface area (Å²) in [6, 6.07) is 12.0. The summed E-state index contributed by atoms with van der Waals surface area (Å²) in [5.74, 6) is -0.721. The smallest absolute Gasteiger partial charge is 0.261 e. The Morgan fingerprint density at radius 3 is 2.34 bits per heavy atom. The Labute approximate surface area is 175 Å². The lowest BCUT2D eigenvalue weighted by molar-refractivity contribution is -0.142. The van der Waals surface area contributed by atoms with E-state index in [1.165, 1.54) is 11.0 Å². The van der Waals surface area contributed by atoms with Gasteiger partial charge in [-0.3, -0.25) is 9.59 Å². The molecule has 0 heterocycles. The van der Waals surface area contributed by atoms with Gasteiger partial charge >= 0.3 is 0 Å². The number of amides is 2. The maximum absolute atomic E-state index is 14.2. The molecule has 0 aliphatic carbocycles. The number of ether oxygens (including phenoxy) is 1. The zero-order valence-electron chi connectivity index (χ0n) is 17.0. The quantitative estimate of drug-likeness (QED) is 0.730. The second kappa shape index (κ2) is 9.74. The van der Waals surface area contributed by atoms with E-state index in [0.717, 1.165) is 0 Å². The molecule has 0 saturated carbocycles. The molecule has 0 aliphatic heterocycles. The van der Waals surface area contributed by atoms with Crippen molar-refractivity contribution in [3.8, 4) is 5.75 Å². The van der Waals surface area contributed by atoms with E-state index in [2.05, 4.69) is 5.32 Å². The minimum atomic E-state index is -0.810. The number of halogens is 2. The van der Waals surface area contributed by atoms with Crippen molar-refractivity contribution in [3.63, 3.8) is 0 Å². The SMILES string of the molecule is CC(C(=O)NC(C)(C)C)N(Cc1ccccc1F)C(=O)COc1ccc(Cl)cc1. The first-order valence-corrected chi connectivity index (χ1v) is 9.68. The fraction of sp³-hybridized carbons (Fsp3) is 0.364. The molecule has 1 N–H and O–H groups in total. The molecule has 2 aromatic carbocycles. The van der Waals surface area contributed by atoms with Crippen LogP contribution in [-0.2, 0) is 16.1 Å². The summed E-state index contributed by atoms with van der Waals surface area (Å²) in [5.41, 5.74) is -0.138. The van der Waals surface area contributed by atoms with Crippen molar-refractivity contribution in [1.29, 1.82) is 0 Å².